The highest BCUT2D eigenvalue weighted by Crippen LogP contribution is 2.31. The van der Waals surface area contributed by atoms with E-state index < -0.39 is 0 Å². The number of nitrogens with two attached hydrogens (primary N) is 1. The van der Waals surface area contributed by atoms with Crippen LogP contribution in [0.1, 0.15) is 5.69 Å². The van der Waals surface area contributed by atoms with Gasteiger partial charge in [-0.3, -0.25) is 0 Å². The largest absolute Gasteiger partial charge is 0.493 e. The molecule has 1 heterocycles. The van der Waals surface area contributed by atoms with Gasteiger partial charge in [-0.1, -0.05) is 12.2 Å². The Bertz CT molecular complexity index is 634. The molecule has 0 saturated heterocycles. The van der Waals surface area contributed by atoms with Crippen molar-refractivity contribution in [3.05, 3.63) is 36.3 Å². The third kappa shape index (κ3) is 2.94. The van der Waals surface area contributed by atoms with E-state index in [4.69, 9.17) is 27.4 Å². The number of benzene rings is 1. The van der Waals surface area contributed by atoms with E-state index in [0.717, 1.165) is 5.69 Å². The number of rotatable bonds is 5. The van der Waals surface area contributed by atoms with E-state index in [-0.39, 0.29) is 4.99 Å². The Morgan fingerprint density at radius 2 is 1.85 bits per heavy atom. The highest BCUT2D eigenvalue weighted by molar-refractivity contribution is 7.80. The SMILES string of the molecule is COc1ccc(Nc2nccnc2C(N)=S)cc1OC. The lowest BCUT2D eigenvalue weighted by Crippen LogP contribution is -2.14. The molecule has 0 fully saturated rings. The summed E-state index contributed by atoms with van der Waals surface area (Å²) in [6, 6.07) is 5.41. The zero-order valence-corrected chi connectivity index (χ0v) is 11.9. The predicted molar refractivity (Wildman–Crippen MR) is 80.7 cm³/mol. The fourth-order valence-corrected chi connectivity index (χ4v) is 1.81. The number of hydrogen-bond acceptors (Lipinski definition) is 6. The number of hydrogen-bond donors (Lipinski definition) is 2. The Morgan fingerprint density at radius 1 is 1.15 bits per heavy atom. The quantitative estimate of drug-likeness (QED) is 0.813. The molecule has 0 atom stereocenters. The van der Waals surface area contributed by atoms with Crippen molar-refractivity contribution in [2.75, 3.05) is 19.5 Å². The average molecular weight is 290 g/mol. The van der Waals surface area contributed by atoms with E-state index in [2.05, 4.69) is 15.3 Å². The number of thiocarbonyl (C=S) groups is 1. The molecule has 0 aliphatic heterocycles. The van der Waals surface area contributed by atoms with Crippen LogP contribution in [0.2, 0.25) is 0 Å². The Hall–Kier alpha value is -2.41. The van der Waals surface area contributed by atoms with Gasteiger partial charge in [-0.15, -0.1) is 0 Å². The van der Waals surface area contributed by atoms with Crippen LogP contribution in [0.5, 0.6) is 11.5 Å². The fraction of sp³-hybridized carbons (Fsp3) is 0.154. The minimum absolute atomic E-state index is 0.182. The van der Waals surface area contributed by atoms with Gasteiger partial charge in [0, 0.05) is 24.1 Å². The Balaban J connectivity index is 2.33. The van der Waals surface area contributed by atoms with Crippen LogP contribution in [0.25, 0.3) is 0 Å². The number of anilines is 2. The summed E-state index contributed by atoms with van der Waals surface area (Å²) in [7, 11) is 3.16. The summed E-state index contributed by atoms with van der Waals surface area (Å²) >= 11 is 4.94. The monoisotopic (exact) mass is 290 g/mol. The molecule has 1 aromatic heterocycles. The van der Waals surface area contributed by atoms with Crippen molar-refractivity contribution in [3.8, 4) is 11.5 Å². The Labute approximate surface area is 121 Å². The molecule has 1 aromatic carbocycles. The topological polar surface area (TPSA) is 82.3 Å². The van der Waals surface area contributed by atoms with Crippen molar-refractivity contribution in [2.24, 2.45) is 5.73 Å². The summed E-state index contributed by atoms with van der Waals surface area (Å²) in [6.45, 7) is 0. The fourth-order valence-electron chi connectivity index (χ4n) is 1.66. The highest BCUT2D eigenvalue weighted by Gasteiger charge is 2.10. The molecular weight excluding hydrogens is 276 g/mol. The van der Waals surface area contributed by atoms with Crippen LogP contribution < -0.4 is 20.5 Å². The van der Waals surface area contributed by atoms with Gasteiger partial charge in [-0.05, 0) is 12.1 Å². The van der Waals surface area contributed by atoms with Gasteiger partial charge in [0.1, 0.15) is 10.7 Å². The second-order valence-corrected chi connectivity index (χ2v) is 4.25. The molecule has 3 N–H and O–H groups in total. The second-order valence-electron chi connectivity index (χ2n) is 3.81. The first-order valence-corrected chi connectivity index (χ1v) is 6.16. The maximum absolute atomic E-state index is 5.61. The van der Waals surface area contributed by atoms with E-state index >= 15 is 0 Å². The van der Waals surface area contributed by atoms with E-state index in [1.54, 1.807) is 32.5 Å². The third-order valence-corrected chi connectivity index (χ3v) is 2.77. The summed E-state index contributed by atoms with van der Waals surface area (Å²) in [6.07, 6.45) is 3.10. The van der Waals surface area contributed by atoms with Gasteiger partial charge < -0.3 is 20.5 Å². The predicted octanol–water partition coefficient (Wildman–Crippen LogP) is 1.87. The van der Waals surface area contributed by atoms with Crippen LogP contribution in [-0.2, 0) is 0 Å². The van der Waals surface area contributed by atoms with E-state index in [1.807, 2.05) is 6.07 Å². The van der Waals surface area contributed by atoms with Crippen molar-refractivity contribution < 1.29 is 9.47 Å². The van der Waals surface area contributed by atoms with Crippen molar-refractivity contribution >= 4 is 28.7 Å². The van der Waals surface area contributed by atoms with Crippen LogP contribution in [0.3, 0.4) is 0 Å². The molecule has 2 aromatic rings. The number of methoxy groups -OCH3 is 2. The van der Waals surface area contributed by atoms with Crippen molar-refractivity contribution in [3.63, 3.8) is 0 Å². The first-order valence-electron chi connectivity index (χ1n) is 5.75. The van der Waals surface area contributed by atoms with Crippen LogP contribution in [-0.4, -0.2) is 29.2 Å². The molecule has 0 radical (unpaired) electrons. The Kier molecular flexibility index (Phi) is 4.31. The molecule has 6 nitrogen and oxygen atoms in total. The standard InChI is InChI=1S/C13H14N4O2S/c1-18-9-4-3-8(7-10(9)19-2)17-13-11(12(14)20)15-5-6-16-13/h3-7H,1-2H3,(H2,14,20)(H,16,17). The lowest BCUT2D eigenvalue weighted by Gasteiger charge is -2.12. The molecule has 0 amide bonds. The summed E-state index contributed by atoms with van der Waals surface area (Å²) in [5.74, 6) is 1.75. The van der Waals surface area contributed by atoms with Crippen LogP contribution in [0, 0.1) is 0 Å². The molecule has 0 saturated carbocycles. The van der Waals surface area contributed by atoms with Gasteiger partial charge in [0.2, 0.25) is 0 Å². The van der Waals surface area contributed by atoms with Crippen LogP contribution in [0.4, 0.5) is 11.5 Å². The van der Waals surface area contributed by atoms with Gasteiger partial charge in [0.05, 0.1) is 14.2 Å². The summed E-state index contributed by atoms with van der Waals surface area (Å²) in [4.78, 5) is 8.47. The van der Waals surface area contributed by atoms with Crippen LogP contribution in [0.15, 0.2) is 30.6 Å². The minimum Gasteiger partial charge on any atom is -0.493 e. The lowest BCUT2D eigenvalue weighted by atomic mass is 10.2. The zero-order chi connectivity index (χ0) is 14.5. The van der Waals surface area contributed by atoms with Crippen molar-refractivity contribution in [1.29, 1.82) is 0 Å². The highest BCUT2D eigenvalue weighted by atomic mass is 32.1. The smallest absolute Gasteiger partial charge is 0.162 e. The third-order valence-electron chi connectivity index (χ3n) is 2.58. The lowest BCUT2D eigenvalue weighted by molar-refractivity contribution is 0.355. The van der Waals surface area contributed by atoms with Crippen LogP contribution >= 0.6 is 12.2 Å². The van der Waals surface area contributed by atoms with E-state index in [1.165, 1.54) is 6.20 Å². The molecule has 0 unspecified atom stereocenters. The minimum atomic E-state index is 0.182. The molecule has 20 heavy (non-hydrogen) atoms. The summed E-state index contributed by atoms with van der Waals surface area (Å²) in [5.41, 5.74) is 6.82. The molecule has 0 aliphatic carbocycles. The molecule has 7 heteroatoms. The van der Waals surface area contributed by atoms with Gasteiger partial charge in [0.15, 0.2) is 17.3 Å². The zero-order valence-electron chi connectivity index (χ0n) is 11.1. The molecule has 0 spiro atoms. The van der Waals surface area contributed by atoms with Crippen molar-refractivity contribution in [1.82, 2.24) is 9.97 Å². The molecule has 0 aliphatic rings. The molecular formula is C13H14N4O2S. The van der Waals surface area contributed by atoms with Gasteiger partial charge in [-0.2, -0.15) is 0 Å². The maximum atomic E-state index is 5.61. The van der Waals surface area contributed by atoms with E-state index in [9.17, 15) is 0 Å². The normalized spacial score (nSPS) is 9.90. The van der Waals surface area contributed by atoms with Crippen molar-refractivity contribution in [2.45, 2.75) is 0 Å². The average Bonchev–Trinajstić information content (AvgIpc) is 2.47. The second kappa shape index (κ2) is 6.16. The number of aromatic nitrogens is 2. The first kappa shape index (κ1) is 14.0. The van der Waals surface area contributed by atoms with Gasteiger partial charge in [0.25, 0.3) is 0 Å². The van der Waals surface area contributed by atoms with E-state index in [0.29, 0.717) is 23.0 Å². The number of nitrogens with zero attached hydrogens (tertiary/aromatic N) is 2. The first-order chi connectivity index (χ1) is 9.65. The maximum Gasteiger partial charge on any atom is 0.162 e. The molecule has 0 bridgehead atoms. The summed E-state index contributed by atoms with van der Waals surface area (Å²) < 4.78 is 10.4. The summed E-state index contributed by atoms with van der Waals surface area (Å²) in [5, 5.41) is 3.10. The van der Waals surface area contributed by atoms with Gasteiger partial charge >= 0.3 is 0 Å². The molecule has 2 rings (SSSR count). The Morgan fingerprint density at radius 3 is 2.50 bits per heavy atom. The molecule has 104 valence electrons. The van der Waals surface area contributed by atoms with Gasteiger partial charge in [-0.25, -0.2) is 9.97 Å². The number of ether oxygens (including phenoxy) is 2. The number of nitrogens with one attached hydrogen (secondary N) is 1.